The van der Waals surface area contributed by atoms with Gasteiger partial charge in [0.15, 0.2) is 0 Å². The molecular weight excluding hydrogens is 326 g/mol. The molecule has 4 heteroatoms. The van der Waals surface area contributed by atoms with Crippen LogP contribution in [-0.4, -0.2) is 4.98 Å². The van der Waals surface area contributed by atoms with Gasteiger partial charge in [0, 0.05) is 16.0 Å². The third-order valence-corrected chi connectivity index (χ3v) is 3.83. The van der Waals surface area contributed by atoms with Crippen molar-refractivity contribution in [1.82, 2.24) is 4.98 Å². The number of aryl methyl sites for hydroxylation is 2. The smallest absolute Gasteiger partial charge is 0.148 e. The number of benzene rings is 1. The standard InChI is InChI=1S/C15H15BrClNO/c1-3-14-15(7-4-10(2)18-14)19-12-6-5-11(9-17)13(16)8-12/h4-8H,3,9H2,1-2H3. The highest BCUT2D eigenvalue weighted by Crippen LogP contribution is 2.29. The summed E-state index contributed by atoms with van der Waals surface area (Å²) in [7, 11) is 0. The molecule has 0 saturated heterocycles. The minimum absolute atomic E-state index is 0.479. The van der Waals surface area contributed by atoms with Crippen molar-refractivity contribution in [3.63, 3.8) is 0 Å². The van der Waals surface area contributed by atoms with E-state index < -0.39 is 0 Å². The van der Waals surface area contributed by atoms with Gasteiger partial charge in [-0.15, -0.1) is 11.6 Å². The summed E-state index contributed by atoms with van der Waals surface area (Å²) in [5.74, 6) is 2.06. The second-order valence-corrected chi connectivity index (χ2v) is 5.36. The van der Waals surface area contributed by atoms with Crippen LogP contribution in [0.3, 0.4) is 0 Å². The fourth-order valence-corrected chi connectivity index (χ4v) is 2.66. The van der Waals surface area contributed by atoms with E-state index in [0.717, 1.165) is 39.3 Å². The van der Waals surface area contributed by atoms with Crippen LogP contribution in [-0.2, 0) is 12.3 Å². The van der Waals surface area contributed by atoms with Crippen LogP contribution in [0.4, 0.5) is 0 Å². The molecule has 0 N–H and O–H groups in total. The highest BCUT2D eigenvalue weighted by molar-refractivity contribution is 9.10. The van der Waals surface area contributed by atoms with Gasteiger partial charge in [0.1, 0.15) is 11.5 Å². The fraction of sp³-hybridized carbons (Fsp3) is 0.267. The van der Waals surface area contributed by atoms with E-state index in [9.17, 15) is 0 Å². The highest BCUT2D eigenvalue weighted by Gasteiger charge is 2.07. The molecule has 0 radical (unpaired) electrons. The van der Waals surface area contributed by atoms with Crippen molar-refractivity contribution < 1.29 is 4.74 Å². The van der Waals surface area contributed by atoms with E-state index in [1.807, 2.05) is 37.3 Å². The molecule has 2 aromatic rings. The Balaban J connectivity index is 2.28. The van der Waals surface area contributed by atoms with Crippen LogP contribution in [0, 0.1) is 6.92 Å². The number of hydrogen-bond acceptors (Lipinski definition) is 2. The summed E-state index contributed by atoms with van der Waals surface area (Å²) in [5.41, 5.74) is 3.02. The predicted octanol–water partition coefficient (Wildman–Crippen LogP) is 5.25. The average molecular weight is 341 g/mol. The fourth-order valence-electron chi connectivity index (χ4n) is 1.77. The summed E-state index contributed by atoms with van der Waals surface area (Å²) in [5, 5.41) is 0. The van der Waals surface area contributed by atoms with E-state index in [0.29, 0.717) is 5.88 Å². The molecule has 19 heavy (non-hydrogen) atoms. The Labute approximate surface area is 126 Å². The van der Waals surface area contributed by atoms with E-state index in [1.165, 1.54) is 0 Å². The first-order valence-corrected chi connectivity index (χ1v) is 7.45. The third-order valence-electron chi connectivity index (χ3n) is 2.80. The maximum atomic E-state index is 5.90. The summed E-state index contributed by atoms with van der Waals surface area (Å²) in [6, 6.07) is 9.72. The van der Waals surface area contributed by atoms with Gasteiger partial charge < -0.3 is 4.74 Å². The lowest BCUT2D eigenvalue weighted by atomic mass is 10.2. The van der Waals surface area contributed by atoms with E-state index in [2.05, 4.69) is 27.8 Å². The monoisotopic (exact) mass is 339 g/mol. The van der Waals surface area contributed by atoms with Gasteiger partial charge in [0.05, 0.1) is 5.69 Å². The molecular formula is C15H15BrClNO. The van der Waals surface area contributed by atoms with Gasteiger partial charge >= 0.3 is 0 Å². The summed E-state index contributed by atoms with van der Waals surface area (Å²) >= 11 is 9.32. The Morgan fingerprint density at radius 3 is 2.68 bits per heavy atom. The van der Waals surface area contributed by atoms with Crippen molar-refractivity contribution in [2.45, 2.75) is 26.1 Å². The molecule has 0 unspecified atom stereocenters. The van der Waals surface area contributed by atoms with Crippen LogP contribution in [0.25, 0.3) is 0 Å². The highest BCUT2D eigenvalue weighted by atomic mass is 79.9. The number of hydrogen-bond donors (Lipinski definition) is 0. The van der Waals surface area contributed by atoms with E-state index in [-0.39, 0.29) is 0 Å². The molecule has 0 spiro atoms. The Morgan fingerprint density at radius 1 is 1.26 bits per heavy atom. The Bertz CT molecular complexity index is 586. The molecule has 0 saturated carbocycles. The van der Waals surface area contributed by atoms with Crippen molar-refractivity contribution in [2.24, 2.45) is 0 Å². The number of halogens is 2. The van der Waals surface area contributed by atoms with E-state index in [4.69, 9.17) is 16.3 Å². The van der Waals surface area contributed by atoms with Crippen molar-refractivity contribution >= 4 is 27.5 Å². The third kappa shape index (κ3) is 3.48. The molecule has 0 aliphatic heterocycles. The lowest BCUT2D eigenvalue weighted by Gasteiger charge is -2.11. The van der Waals surface area contributed by atoms with Crippen LogP contribution in [0.2, 0.25) is 0 Å². The first kappa shape index (κ1) is 14.4. The molecule has 0 bridgehead atoms. The number of alkyl halides is 1. The molecule has 1 heterocycles. The summed E-state index contributed by atoms with van der Waals surface area (Å²) in [4.78, 5) is 4.49. The van der Waals surface area contributed by atoms with Crippen molar-refractivity contribution in [3.05, 3.63) is 51.8 Å². The molecule has 0 aliphatic rings. The van der Waals surface area contributed by atoms with Crippen LogP contribution in [0.5, 0.6) is 11.5 Å². The van der Waals surface area contributed by atoms with Gasteiger partial charge in [-0.25, -0.2) is 0 Å². The molecule has 0 amide bonds. The first-order valence-electron chi connectivity index (χ1n) is 6.12. The molecule has 2 rings (SSSR count). The minimum Gasteiger partial charge on any atom is -0.455 e. The van der Waals surface area contributed by atoms with Crippen molar-refractivity contribution in [3.8, 4) is 11.5 Å². The molecule has 1 aromatic carbocycles. The zero-order valence-corrected chi connectivity index (χ0v) is 13.3. The number of nitrogens with zero attached hydrogens (tertiary/aromatic N) is 1. The number of rotatable bonds is 4. The Morgan fingerprint density at radius 2 is 2.05 bits per heavy atom. The van der Waals surface area contributed by atoms with Gasteiger partial charge in [-0.2, -0.15) is 0 Å². The zero-order chi connectivity index (χ0) is 13.8. The van der Waals surface area contributed by atoms with E-state index >= 15 is 0 Å². The van der Waals surface area contributed by atoms with Crippen molar-refractivity contribution in [1.29, 1.82) is 0 Å². The summed E-state index contributed by atoms with van der Waals surface area (Å²) in [6.07, 6.45) is 0.845. The normalized spacial score (nSPS) is 10.5. The summed E-state index contributed by atoms with van der Waals surface area (Å²) < 4.78 is 6.86. The SMILES string of the molecule is CCc1nc(C)ccc1Oc1ccc(CCl)c(Br)c1. The lowest BCUT2D eigenvalue weighted by molar-refractivity contribution is 0.472. The topological polar surface area (TPSA) is 22.1 Å². The van der Waals surface area contributed by atoms with E-state index in [1.54, 1.807) is 0 Å². The van der Waals surface area contributed by atoms with Crippen LogP contribution in [0.1, 0.15) is 23.9 Å². The molecule has 100 valence electrons. The van der Waals surface area contributed by atoms with Gasteiger partial charge in [-0.3, -0.25) is 4.98 Å². The number of ether oxygens (including phenoxy) is 1. The number of pyridine rings is 1. The maximum Gasteiger partial charge on any atom is 0.148 e. The van der Waals surface area contributed by atoms with Crippen LogP contribution >= 0.6 is 27.5 Å². The molecule has 1 aromatic heterocycles. The van der Waals surface area contributed by atoms with Crippen molar-refractivity contribution in [2.75, 3.05) is 0 Å². The van der Waals surface area contributed by atoms with Gasteiger partial charge in [0.2, 0.25) is 0 Å². The van der Waals surface area contributed by atoms with Crippen LogP contribution in [0.15, 0.2) is 34.8 Å². The molecule has 0 fully saturated rings. The number of aromatic nitrogens is 1. The second kappa shape index (κ2) is 6.40. The molecule has 0 aliphatic carbocycles. The van der Waals surface area contributed by atoms with Gasteiger partial charge in [-0.05, 0) is 43.2 Å². The van der Waals surface area contributed by atoms with Gasteiger partial charge in [-0.1, -0.05) is 28.9 Å². The van der Waals surface area contributed by atoms with Gasteiger partial charge in [0.25, 0.3) is 0 Å². The quantitative estimate of drug-likeness (QED) is 0.710. The lowest BCUT2D eigenvalue weighted by Crippen LogP contribution is -1.96. The maximum absolute atomic E-state index is 5.90. The Kier molecular flexibility index (Phi) is 4.83. The predicted molar refractivity (Wildman–Crippen MR) is 82.1 cm³/mol. The first-order chi connectivity index (χ1) is 9.13. The largest absolute Gasteiger partial charge is 0.455 e. The van der Waals surface area contributed by atoms with Crippen LogP contribution < -0.4 is 4.74 Å². The molecule has 0 atom stereocenters. The zero-order valence-electron chi connectivity index (χ0n) is 10.9. The average Bonchev–Trinajstić information content (AvgIpc) is 2.41. The second-order valence-electron chi connectivity index (χ2n) is 4.24. The summed E-state index contributed by atoms with van der Waals surface area (Å²) in [6.45, 7) is 4.05. The Hall–Kier alpha value is -1.06. The molecule has 2 nitrogen and oxygen atoms in total. The minimum atomic E-state index is 0.479.